The van der Waals surface area contributed by atoms with Gasteiger partial charge in [-0.1, -0.05) is 30.3 Å². The second kappa shape index (κ2) is 8.01. The second-order valence-corrected chi connectivity index (χ2v) is 4.42. The first-order chi connectivity index (χ1) is 10.5. The van der Waals surface area contributed by atoms with Crippen LogP contribution in [0.3, 0.4) is 0 Å². The van der Waals surface area contributed by atoms with Crippen molar-refractivity contribution in [1.29, 1.82) is 0 Å². The number of rotatable bonds is 8. The number of amides is 1. The Hall–Kier alpha value is -2.41. The molecule has 0 aliphatic carbocycles. The molecule has 1 rings (SSSR count). The van der Waals surface area contributed by atoms with Crippen LogP contribution in [-0.2, 0) is 25.5 Å². The molecule has 2 atom stereocenters. The van der Waals surface area contributed by atoms with E-state index >= 15 is 0 Å². The first kappa shape index (κ1) is 15.0. The van der Waals surface area contributed by atoms with E-state index in [-0.39, 0.29) is 6.42 Å². The zero-order chi connectivity index (χ0) is 16.5. The number of ether oxygens (including phenoxy) is 1. The van der Waals surface area contributed by atoms with Crippen LogP contribution in [0.5, 0.6) is 0 Å². The third-order valence-electron chi connectivity index (χ3n) is 2.78. The summed E-state index contributed by atoms with van der Waals surface area (Å²) in [6.45, 7) is 0. The average molecular weight is 295 g/mol. The molecule has 0 aliphatic rings. The quantitative estimate of drug-likeness (QED) is 0.566. The molecule has 0 saturated carbocycles. The van der Waals surface area contributed by atoms with Gasteiger partial charge in [-0.2, -0.15) is 0 Å². The number of benzene rings is 1. The Labute approximate surface area is 123 Å². The molecule has 1 aromatic carbocycles. The molecule has 0 radical (unpaired) electrons. The summed E-state index contributed by atoms with van der Waals surface area (Å²) in [5, 5.41) is 11.1. The van der Waals surface area contributed by atoms with E-state index in [1.807, 2.05) is 11.8 Å². The van der Waals surface area contributed by atoms with Gasteiger partial charge in [-0.15, -0.1) is 0 Å². The maximum atomic E-state index is 12.0. The van der Waals surface area contributed by atoms with E-state index in [1.165, 1.54) is 7.11 Å². The highest BCUT2D eigenvalue weighted by Gasteiger charge is 2.25. The molecule has 1 aromatic rings. The smallest absolute Gasteiger partial charge is 0.328 e. The summed E-state index contributed by atoms with van der Waals surface area (Å²) in [5.41, 5.74) is 2.68. The Bertz CT molecular complexity index is 523. The van der Waals surface area contributed by atoms with Gasteiger partial charge in [0.15, 0.2) is 0 Å². The molecular weight excluding hydrogens is 276 g/mol. The topological polar surface area (TPSA) is 119 Å². The van der Waals surface area contributed by atoms with Crippen molar-refractivity contribution in [2.45, 2.75) is 24.9 Å². The lowest BCUT2D eigenvalue weighted by molar-refractivity contribution is -0.145. The third-order valence-corrected chi connectivity index (χ3v) is 2.78. The van der Waals surface area contributed by atoms with Crippen LogP contribution in [0.25, 0.3) is 0 Å². The molecule has 21 heavy (non-hydrogen) atoms. The third kappa shape index (κ3) is 5.62. The zero-order valence-corrected chi connectivity index (χ0v) is 11.5. The van der Waals surface area contributed by atoms with Crippen LogP contribution in [0, 0.1) is 0 Å². The van der Waals surface area contributed by atoms with Crippen molar-refractivity contribution in [2.75, 3.05) is 7.11 Å². The summed E-state index contributed by atoms with van der Waals surface area (Å²) < 4.78 is 11.7. The Morgan fingerprint density at radius 1 is 1.38 bits per heavy atom. The predicted molar refractivity (Wildman–Crippen MR) is 74.3 cm³/mol. The van der Waals surface area contributed by atoms with E-state index < -0.39 is 36.4 Å². The van der Waals surface area contributed by atoms with Gasteiger partial charge in [-0.3, -0.25) is 9.59 Å². The molecule has 1 amide bonds. The average Bonchev–Trinajstić information content (AvgIpc) is 2.51. The van der Waals surface area contributed by atoms with E-state index in [9.17, 15) is 14.4 Å². The number of aliphatic carboxylic acids is 1. The lowest BCUT2D eigenvalue weighted by Gasteiger charge is -2.18. The van der Waals surface area contributed by atoms with Crippen molar-refractivity contribution in [2.24, 2.45) is 5.73 Å². The van der Waals surface area contributed by atoms with Gasteiger partial charge >= 0.3 is 11.9 Å². The first-order valence-electron chi connectivity index (χ1n) is 6.79. The Morgan fingerprint density at radius 2 is 2.05 bits per heavy atom. The molecule has 0 unspecified atom stereocenters. The summed E-state index contributed by atoms with van der Waals surface area (Å²) in [6, 6.07) is 6.79. The van der Waals surface area contributed by atoms with Gasteiger partial charge in [0.2, 0.25) is 5.91 Å². The van der Waals surface area contributed by atoms with Crippen LogP contribution in [0.1, 0.15) is 12.0 Å². The lowest BCUT2D eigenvalue weighted by Crippen LogP contribution is -2.50. The SMILES string of the molecule is [2H]N[C@@H](CC(=O)O)C(=O)N[C@@H](Cc1ccccc1)C(=O)OC. The van der Waals surface area contributed by atoms with Gasteiger partial charge in [0.05, 0.1) is 19.6 Å². The minimum absolute atomic E-state index is 0.205. The minimum Gasteiger partial charge on any atom is -0.481 e. The van der Waals surface area contributed by atoms with Crippen molar-refractivity contribution in [3.05, 3.63) is 35.9 Å². The Balaban J connectivity index is 2.78. The largest absolute Gasteiger partial charge is 0.481 e. The van der Waals surface area contributed by atoms with Gasteiger partial charge < -0.3 is 20.9 Å². The van der Waals surface area contributed by atoms with E-state index in [0.717, 1.165) is 5.56 Å². The molecule has 0 spiro atoms. The van der Waals surface area contributed by atoms with Crippen LogP contribution < -0.4 is 11.0 Å². The molecule has 0 heterocycles. The van der Waals surface area contributed by atoms with Gasteiger partial charge in [0, 0.05) is 6.42 Å². The van der Waals surface area contributed by atoms with Crippen molar-refractivity contribution in [1.82, 2.24) is 5.32 Å². The second-order valence-electron chi connectivity index (χ2n) is 4.42. The Morgan fingerprint density at radius 3 is 2.57 bits per heavy atom. The molecule has 0 aromatic heterocycles. The molecule has 7 heteroatoms. The first-order valence-corrected chi connectivity index (χ1v) is 6.29. The molecule has 114 valence electrons. The van der Waals surface area contributed by atoms with Crippen LogP contribution in [0.15, 0.2) is 30.3 Å². The molecular formula is C14H18N2O5. The number of nitrogens with two attached hydrogens (primary N) is 1. The molecule has 4 N–H and O–H groups in total. The highest BCUT2D eigenvalue weighted by Crippen LogP contribution is 2.05. The number of carboxylic acids is 1. The number of carbonyl (C=O) groups is 3. The number of carbonyl (C=O) groups excluding carboxylic acids is 2. The van der Waals surface area contributed by atoms with Crippen molar-refractivity contribution in [3.8, 4) is 0 Å². The number of methoxy groups -OCH3 is 1. The molecule has 0 bridgehead atoms. The minimum atomic E-state index is -1.25. The zero-order valence-electron chi connectivity index (χ0n) is 12.5. The Kier molecular flexibility index (Phi) is 5.71. The highest BCUT2D eigenvalue weighted by molar-refractivity contribution is 5.89. The summed E-state index contributed by atoms with van der Waals surface area (Å²) in [6.07, 6.45) is -0.356. The van der Waals surface area contributed by atoms with Crippen LogP contribution in [0.2, 0.25) is 1.41 Å². The number of hydrogen-bond donors (Lipinski definition) is 3. The predicted octanol–water partition coefficient (Wildman–Crippen LogP) is -0.311. The summed E-state index contributed by atoms with van der Waals surface area (Å²) in [5.74, 6) is -2.61. The summed E-state index contributed by atoms with van der Waals surface area (Å²) >= 11 is 0. The van der Waals surface area contributed by atoms with Crippen LogP contribution >= 0.6 is 0 Å². The molecule has 7 nitrogen and oxygen atoms in total. The monoisotopic (exact) mass is 295 g/mol. The standard InChI is InChI=1S/C14H18N2O5/c1-21-14(20)11(7-9-5-3-2-4-6-9)16-13(19)10(15)8-12(17)18/h2-6,10-11H,7-8,15H2,1H3,(H,16,19)(H,17,18)/t10-,11-/m0/s1/i/hD. The number of esters is 1. The van der Waals surface area contributed by atoms with E-state index in [0.29, 0.717) is 0 Å². The van der Waals surface area contributed by atoms with Crippen molar-refractivity contribution >= 4 is 17.8 Å². The molecule has 0 fully saturated rings. The highest BCUT2D eigenvalue weighted by atomic mass is 16.5. The van der Waals surface area contributed by atoms with Gasteiger partial charge in [0.1, 0.15) is 7.45 Å². The number of nitrogens with one attached hydrogen (secondary N) is 1. The lowest BCUT2D eigenvalue weighted by atomic mass is 10.1. The van der Waals surface area contributed by atoms with Gasteiger partial charge in [-0.25, -0.2) is 4.79 Å². The van der Waals surface area contributed by atoms with Crippen LogP contribution in [0.4, 0.5) is 0 Å². The van der Waals surface area contributed by atoms with Gasteiger partial charge in [-0.05, 0) is 5.56 Å². The molecule has 0 saturated heterocycles. The van der Waals surface area contributed by atoms with E-state index in [4.69, 9.17) is 6.52 Å². The van der Waals surface area contributed by atoms with E-state index in [2.05, 4.69) is 10.1 Å². The maximum Gasteiger partial charge on any atom is 0.328 e. The van der Waals surface area contributed by atoms with Crippen molar-refractivity contribution in [3.63, 3.8) is 0 Å². The van der Waals surface area contributed by atoms with Crippen LogP contribution in [-0.4, -0.2) is 42.1 Å². The number of carboxylic acid groups (broad SMARTS) is 1. The fourth-order valence-electron chi connectivity index (χ4n) is 1.72. The van der Waals surface area contributed by atoms with Crippen molar-refractivity contribution < 1.29 is 25.6 Å². The van der Waals surface area contributed by atoms with Gasteiger partial charge in [0.25, 0.3) is 0 Å². The maximum absolute atomic E-state index is 12.0. The molecule has 0 aliphatic heterocycles. The van der Waals surface area contributed by atoms with E-state index in [1.54, 1.807) is 24.3 Å². The fraction of sp³-hybridized carbons (Fsp3) is 0.357. The summed E-state index contributed by atoms with van der Waals surface area (Å²) in [7, 11) is 1.20. The fourth-order valence-corrected chi connectivity index (χ4v) is 1.72. The number of hydrogen-bond acceptors (Lipinski definition) is 5. The summed E-state index contributed by atoms with van der Waals surface area (Å²) in [4.78, 5) is 34.4. The normalized spacial score (nSPS) is 13.7.